The van der Waals surface area contributed by atoms with Gasteiger partial charge in [0.15, 0.2) is 0 Å². The van der Waals surface area contributed by atoms with E-state index in [1.807, 2.05) is 12.3 Å². The molecule has 3 aromatic rings. The third-order valence-electron chi connectivity index (χ3n) is 3.84. The molecule has 8 heteroatoms. The van der Waals surface area contributed by atoms with Crippen LogP contribution in [0.3, 0.4) is 0 Å². The molecule has 3 rings (SSSR count). The number of hydrogen-bond donors (Lipinski definition) is 0. The minimum absolute atomic E-state index is 0.203. The highest BCUT2D eigenvalue weighted by Gasteiger charge is 2.26. The smallest absolute Gasteiger partial charge is 0.244 e. The number of rotatable bonds is 6. The van der Waals surface area contributed by atoms with Gasteiger partial charge in [0.1, 0.15) is 10.8 Å². The fourth-order valence-electron chi connectivity index (χ4n) is 2.37. The molecule has 0 aliphatic carbocycles. The van der Waals surface area contributed by atoms with E-state index in [-0.39, 0.29) is 6.54 Å². The molecule has 0 unspecified atom stereocenters. The molecule has 0 radical (unpaired) electrons. The standard InChI is InChI=1S/C17H20N2O3S3/c1-11(2)14-10-23-17(18-14)15-8-16(12(3)24-15)25(20,21)19(4)9-13-6-5-7-22-13/h5-8,10-11H,9H2,1-4H3. The number of hydrogen-bond acceptors (Lipinski definition) is 6. The van der Waals surface area contributed by atoms with Crippen LogP contribution >= 0.6 is 22.7 Å². The molecule has 0 aliphatic rings. The summed E-state index contributed by atoms with van der Waals surface area (Å²) in [4.78, 5) is 6.62. The van der Waals surface area contributed by atoms with Gasteiger partial charge in [-0.15, -0.1) is 22.7 Å². The van der Waals surface area contributed by atoms with Gasteiger partial charge >= 0.3 is 0 Å². The van der Waals surface area contributed by atoms with E-state index in [4.69, 9.17) is 4.42 Å². The molecule has 0 fully saturated rings. The molecule has 0 spiro atoms. The summed E-state index contributed by atoms with van der Waals surface area (Å²) in [5, 5.41) is 2.90. The third kappa shape index (κ3) is 3.72. The fraction of sp³-hybridized carbons (Fsp3) is 0.353. The van der Waals surface area contributed by atoms with Crippen molar-refractivity contribution in [3.63, 3.8) is 0 Å². The number of sulfonamides is 1. The highest BCUT2D eigenvalue weighted by molar-refractivity contribution is 7.89. The van der Waals surface area contributed by atoms with E-state index in [1.54, 1.807) is 42.8 Å². The lowest BCUT2D eigenvalue weighted by Gasteiger charge is -2.15. The SMILES string of the molecule is Cc1sc(-c2nc(C(C)C)cs2)cc1S(=O)(=O)N(C)Cc1ccco1. The van der Waals surface area contributed by atoms with Gasteiger partial charge in [0.2, 0.25) is 10.0 Å². The second-order valence-corrected chi connectivity index (χ2v) is 10.2. The van der Waals surface area contributed by atoms with Crippen LogP contribution in [0.1, 0.15) is 36.1 Å². The Morgan fingerprint density at radius 2 is 2.12 bits per heavy atom. The minimum atomic E-state index is -3.58. The number of thiazole rings is 1. The highest BCUT2D eigenvalue weighted by atomic mass is 32.2. The van der Waals surface area contributed by atoms with Crippen molar-refractivity contribution in [1.82, 2.24) is 9.29 Å². The van der Waals surface area contributed by atoms with Crippen LogP contribution in [0.25, 0.3) is 9.88 Å². The van der Waals surface area contributed by atoms with Crippen molar-refractivity contribution in [2.24, 2.45) is 0 Å². The van der Waals surface area contributed by atoms with E-state index in [0.717, 1.165) is 20.5 Å². The summed E-state index contributed by atoms with van der Waals surface area (Å²) >= 11 is 3.02. The van der Waals surface area contributed by atoms with Crippen molar-refractivity contribution in [3.05, 3.63) is 46.2 Å². The first-order valence-corrected chi connectivity index (χ1v) is 11.0. The van der Waals surface area contributed by atoms with Crippen LogP contribution in [-0.4, -0.2) is 24.8 Å². The molecular formula is C17H20N2O3S3. The van der Waals surface area contributed by atoms with Crippen LogP contribution in [-0.2, 0) is 16.6 Å². The van der Waals surface area contributed by atoms with Crippen LogP contribution in [0, 0.1) is 6.92 Å². The lowest BCUT2D eigenvalue weighted by atomic mass is 10.2. The van der Waals surface area contributed by atoms with Gasteiger partial charge in [0.05, 0.1) is 28.3 Å². The van der Waals surface area contributed by atoms with E-state index >= 15 is 0 Å². The van der Waals surface area contributed by atoms with E-state index in [2.05, 4.69) is 18.8 Å². The van der Waals surface area contributed by atoms with E-state index < -0.39 is 10.0 Å². The van der Waals surface area contributed by atoms with Crippen LogP contribution in [0.5, 0.6) is 0 Å². The number of furan rings is 1. The Balaban J connectivity index is 1.90. The highest BCUT2D eigenvalue weighted by Crippen LogP contribution is 2.37. The molecule has 5 nitrogen and oxygen atoms in total. The number of thiophene rings is 1. The molecule has 0 aromatic carbocycles. The number of aryl methyl sites for hydroxylation is 1. The Hall–Kier alpha value is -1.48. The number of aromatic nitrogens is 1. The largest absolute Gasteiger partial charge is 0.468 e. The Kier molecular flexibility index (Phi) is 5.15. The Morgan fingerprint density at radius 1 is 1.36 bits per heavy atom. The van der Waals surface area contributed by atoms with Gasteiger partial charge in [0.25, 0.3) is 0 Å². The topological polar surface area (TPSA) is 63.4 Å². The Morgan fingerprint density at radius 3 is 2.72 bits per heavy atom. The maximum Gasteiger partial charge on any atom is 0.244 e. The van der Waals surface area contributed by atoms with Crippen molar-refractivity contribution in [3.8, 4) is 9.88 Å². The molecule has 0 amide bonds. The summed E-state index contributed by atoms with van der Waals surface area (Å²) in [6.45, 7) is 6.23. The van der Waals surface area contributed by atoms with Crippen LogP contribution in [0.2, 0.25) is 0 Å². The normalized spacial score (nSPS) is 12.4. The first-order chi connectivity index (χ1) is 11.8. The average Bonchev–Trinajstić information content (AvgIpc) is 3.26. The summed E-state index contributed by atoms with van der Waals surface area (Å²) in [5.74, 6) is 0.967. The first kappa shape index (κ1) is 18.3. The molecule has 0 saturated heterocycles. The summed E-state index contributed by atoms with van der Waals surface area (Å²) < 4.78 is 32.4. The first-order valence-electron chi connectivity index (χ1n) is 7.84. The molecule has 0 saturated carbocycles. The Bertz CT molecular complexity index is 953. The van der Waals surface area contributed by atoms with Gasteiger partial charge in [-0.25, -0.2) is 13.4 Å². The average molecular weight is 397 g/mol. The fourth-order valence-corrected chi connectivity index (χ4v) is 6.10. The Labute approximate surface area is 156 Å². The molecule has 25 heavy (non-hydrogen) atoms. The predicted octanol–water partition coefficient (Wildman–Crippen LogP) is 4.72. The van der Waals surface area contributed by atoms with Crippen LogP contribution in [0.4, 0.5) is 0 Å². The molecular weight excluding hydrogens is 376 g/mol. The molecule has 3 aromatic heterocycles. The van der Waals surface area contributed by atoms with Crippen LogP contribution < -0.4 is 0 Å². The lowest BCUT2D eigenvalue weighted by Crippen LogP contribution is -2.26. The van der Waals surface area contributed by atoms with Crippen molar-refractivity contribution >= 4 is 32.7 Å². The van der Waals surface area contributed by atoms with Gasteiger partial charge in [0, 0.05) is 17.3 Å². The van der Waals surface area contributed by atoms with Crippen molar-refractivity contribution in [1.29, 1.82) is 0 Å². The van der Waals surface area contributed by atoms with Gasteiger partial charge in [-0.3, -0.25) is 0 Å². The predicted molar refractivity (Wildman–Crippen MR) is 102 cm³/mol. The summed E-state index contributed by atoms with van der Waals surface area (Å²) in [5.41, 5.74) is 1.03. The molecule has 0 aliphatic heterocycles. The molecule has 0 bridgehead atoms. The van der Waals surface area contributed by atoms with Gasteiger partial charge in [-0.2, -0.15) is 4.31 Å². The molecule has 3 heterocycles. The zero-order valence-corrected chi connectivity index (χ0v) is 17.0. The van der Waals surface area contributed by atoms with E-state index in [1.165, 1.54) is 15.6 Å². The summed E-state index contributed by atoms with van der Waals surface area (Å²) in [7, 11) is -2.02. The second-order valence-electron chi connectivity index (χ2n) is 6.10. The zero-order chi connectivity index (χ0) is 18.2. The van der Waals surface area contributed by atoms with Crippen LogP contribution in [0.15, 0.2) is 39.2 Å². The van der Waals surface area contributed by atoms with Crippen molar-refractivity contribution in [2.45, 2.75) is 38.1 Å². The van der Waals surface area contributed by atoms with Gasteiger partial charge in [-0.1, -0.05) is 13.8 Å². The second kappa shape index (κ2) is 7.03. The summed E-state index contributed by atoms with van der Waals surface area (Å²) in [6.07, 6.45) is 1.54. The molecule has 0 atom stereocenters. The van der Waals surface area contributed by atoms with Crippen molar-refractivity contribution < 1.29 is 12.8 Å². The summed E-state index contributed by atoms with van der Waals surface area (Å²) in [6, 6.07) is 5.25. The molecule has 134 valence electrons. The maximum atomic E-state index is 12.9. The molecule has 0 N–H and O–H groups in total. The lowest BCUT2D eigenvalue weighted by molar-refractivity contribution is 0.406. The zero-order valence-electron chi connectivity index (χ0n) is 14.5. The third-order valence-corrected chi connectivity index (χ3v) is 7.98. The van der Waals surface area contributed by atoms with Crippen molar-refractivity contribution in [2.75, 3.05) is 7.05 Å². The minimum Gasteiger partial charge on any atom is -0.468 e. The van der Waals surface area contributed by atoms with Gasteiger partial charge < -0.3 is 4.42 Å². The maximum absolute atomic E-state index is 12.9. The van der Waals surface area contributed by atoms with E-state index in [9.17, 15) is 8.42 Å². The quantitative estimate of drug-likeness (QED) is 0.605. The van der Waals surface area contributed by atoms with E-state index in [0.29, 0.717) is 16.6 Å². The van der Waals surface area contributed by atoms with Gasteiger partial charge in [-0.05, 0) is 31.0 Å². The number of nitrogens with zero attached hydrogens (tertiary/aromatic N) is 2. The monoisotopic (exact) mass is 396 g/mol.